The highest BCUT2D eigenvalue weighted by Gasteiger charge is 2.33. The number of carbonyl (C=O) groups excluding carboxylic acids is 2. The fraction of sp³-hybridized carbons (Fsp3) is 0.727. The molecule has 6 nitrogen and oxygen atoms in total. The van der Waals surface area contributed by atoms with Crippen molar-refractivity contribution in [2.45, 2.75) is 130 Å². The monoisotopic (exact) mass is 538 g/mol. The standard InChI is InChI=1S/C26H40N4O2.C7H14/c1-4-19(2)16-29(20(3)31)17-22-10-12-23(13-11-22)18-30-25(32)24(28-26(30)27)15-14-21-8-6-5-7-9-21;1-7-5-3-2-4-6-7/h10-13,19,21,24H,4-9,14-18H2,1-3H3,(H2,27,28);7H,2-6H2,1H3/t19-,24?;/m0./s1. The molecule has 2 saturated carbocycles. The van der Waals surface area contributed by atoms with Crippen LogP contribution in [0.2, 0.25) is 0 Å². The number of nitrogens with two attached hydrogens (primary N) is 1. The normalized spacial score (nSPS) is 21.2. The summed E-state index contributed by atoms with van der Waals surface area (Å²) in [4.78, 5) is 32.9. The SMILES string of the molecule is CC1CCCCC1.CC[C@H](C)CN(Cc1ccc(CN2C(=O)C(CCC3CCCCC3)N=C2N)cc1)C(C)=O. The van der Waals surface area contributed by atoms with Crippen LogP contribution in [0.4, 0.5) is 0 Å². The topological polar surface area (TPSA) is 79.0 Å². The molecule has 218 valence electrons. The van der Waals surface area contributed by atoms with Gasteiger partial charge in [0.05, 0.1) is 6.54 Å². The Kier molecular flexibility index (Phi) is 12.8. The van der Waals surface area contributed by atoms with Crippen LogP contribution in [0.3, 0.4) is 0 Å². The van der Waals surface area contributed by atoms with Crippen LogP contribution in [-0.4, -0.2) is 40.2 Å². The molecule has 1 heterocycles. The van der Waals surface area contributed by atoms with E-state index in [4.69, 9.17) is 5.73 Å². The molecule has 2 amide bonds. The molecule has 4 rings (SSSR count). The zero-order valence-corrected chi connectivity index (χ0v) is 25.2. The van der Waals surface area contributed by atoms with E-state index < -0.39 is 0 Å². The molecule has 2 aliphatic carbocycles. The van der Waals surface area contributed by atoms with Crippen LogP contribution >= 0.6 is 0 Å². The molecule has 2 fully saturated rings. The third-order valence-corrected chi connectivity index (χ3v) is 8.99. The molecule has 0 bridgehead atoms. The van der Waals surface area contributed by atoms with Crippen LogP contribution in [0, 0.1) is 17.8 Å². The van der Waals surface area contributed by atoms with Crippen molar-refractivity contribution >= 4 is 17.8 Å². The predicted molar refractivity (Wildman–Crippen MR) is 161 cm³/mol. The van der Waals surface area contributed by atoms with Gasteiger partial charge in [-0.1, -0.05) is 116 Å². The quantitative estimate of drug-likeness (QED) is 0.346. The Labute approximate surface area is 237 Å². The summed E-state index contributed by atoms with van der Waals surface area (Å²) in [5.41, 5.74) is 8.22. The molecular formula is C33H54N4O2. The zero-order chi connectivity index (χ0) is 28.2. The summed E-state index contributed by atoms with van der Waals surface area (Å²) in [5.74, 6) is 2.72. The Morgan fingerprint density at radius 3 is 2.13 bits per heavy atom. The summed E-state index contributed by atoms with van der Waals surface area (Å²) >= 11 is 0. The molecule has 2 atom stereocenters. The first kappa shape index (κ1) is 31.2. The van der Waals surface area contributed by atoms with Gasteiger partial charge in [-0.15, -0.1) is 0 Å². The van der Waals surface area contributed by atoms with Gasteiger partial charge >= 0.3 is 0 Å². The van der Waals surface area contributed by atoms with Gasteiger partial charge in [0, 0.05) is 20.0 Å². The molecule has 39 heavy (non-hydrogen) atoms. The van der Waals surface area contributed by atoms with Gasteiger partial charge in [-0.05, 0) is 41.7 Å². The molecule has 0 saturated heterocycles. The van der Waals surface area contributed by atoms with Crippen LogP contribution in [0.25, 0.3) is 0 Å². The van der Waals surface area contributed by atoms with Crippen molar-refractivity contribution < 1.29 is 9.59 Å². The smallest absolute Gasteiger partial charge is 0.254 e. The third-order valence-electron chi connectivity index (χ3n) is 8.99. The minimum absolute atomic E-state index is 0.0266. The molecule has 1 unspecified atom stereocenters. The maximum atomic E-state index is 12.9. The van der Waals surface area contributed by atoms with Crippen molar-refractivity contribution in [3.05, 3.63) is 35.4 Å². The molecule has 0 spiro atoms. The molecule has 0 aromatic heterocycles. The molecule has 6 heteroatoms. The van der Waals surface area contributed by atoms with E-state index >= 15 is 0 Å². The van der Waals surface area contributed by atoms with Gasteiger partial charge in [0.15, 0.2) is 5.96 Å². The van der Waals surface area contributed by atoms with E-state index in [9.17, 15) is 9.59 Å². The number of carbonyl (C=O) groups is 2. The first-order chi connectivity index (χ1) is 18.8. The van der Waals surface area contributed by atoms with E-state index in [-0.39, 0.29) is 17.9 Å². The maximum absolute atomic E-state index is 12.9. The average molecular weight is 539 g/mol. The van der Waals surface area contributed by atoms with Crippen molar-refractivity contribution in [1.29, 1.82) is 0 Å². The molecule has 1 aliphatic heterocycles. The first-order valence-corrected chi connectivity index (χ1v) is 15.7. The van der Waals surface area contributed by atoms with E-state index in [1.54, 1.807) is 11.8 Å². The van der Waals surface area contributed by atoms with Gasteiger partial charge in [0.1, 0.15) is 6.04 Å². The number of hydrogen-bond acceptors (Lipinski definition) is 4. The number of hydrogen-bond donors (Lipinski definition) is 1. The molecule has 2 N–H and O–H groups in total. The number of amides is 2. The van der Waals surface area contributed by atoms with Crippen molar-refractivity contribution in [2.75, 3.05) is 6.54 Å². The number of aliphatic imine (C=N–C) groups is 1. The molecule has 3 aliphatic rings. The van der Waals surface area contributed by atoms with Gasteiger partial charge in [0.25, 0.3) is 5.91 Å². The summed E-state index contributed by atoms with van der Waals surface area (Å²) in [6, 6.07) is 7.80. The zero-order valence-electron chi connectivity index (χ0n) is 25.2. The van der Waals surface area contributed by atoms with Gasteiger partial charge in [-0.3, -0.25) is 14.5 Å². The molecule has 1 aromatic carbocycles. The largest absolute Gasteiger partial charge is 0.369 e. The van der Waals surface area contributed by atoms with E-state index in [0.29, 0.717) is 25.0 Å². The summed E-state index contributed by atoms with van der Waals surface area (Å²) in [7, 11) is 0. The second-order valence-electron chi connectivity index (χ2n) is 12.5. The first-order valence-electron chi connectivity index (χ1n) is 15.7. The lowest BCUT2D eigenvalue weighted by Gasteiger charge is -2.24. The van der Waals surface area contributed by atoms with Gasteiger partial charge in [-0.2, -0.15) is 0 Å². The van der Waals surface area contributed by atoms with Crippen LogP contribution < -0.4 is 5.73 Å². The third kappa shape index (κ3) is 10.3. The lowest BCUT2D eigenvalue weighted by Crippen LogP contribution is -2.38. The van der Waals surface area contributed by atoms with Gasteiger partial charge < -0.3 is 10.6 Å². The summed E-state index contributed by atoms with van der Waals surface area (Å²) in [6.45, 7) is 10.1. The summed E-state index contributed by atoms with van der Waals surface area (Å²) in [6.07, 6.45) is 16.9. The Hall–Kier alpha value is -2.37. The number of nitrogens with zero attached hydrogens (tertiary/aromatic N) is 3. The van der Waals surface area contributed by atoms with Crippen molar-refractivity contribution in [1.82, 2.24) is 9.80 Å². The highest BCUT2D eigenvalue weighted by Crippen LogP contribution is 2.29. The second kappa shape index (κ2) is 16.0. The number of rotatable bonds is 10. The van der Waals surface area contributed by atoms with Crippen LogP contribution in [0.15, 0.2) is 29.3 Å². The minimum Gasteiger partial charge on any atom is -0.369 e. The Morgan fingerprint density at radius 1 is 1.00 bits per heavy atom. The number of guanidine groups is 1. The van der Waals surface area contributed by atoms with Gasteiger partial charge in [-0.25, -0.2) is 4.99 Å². The van der Waals surface area contributed by atoms with Crippen molar-refractivity contribution in [2.24, 2.45) is 28.5 Å². The Balaban J connectivity index is 0.000000520. The van der Waals surface area contributed by atoms with Crippen molar-refractivity contribution in [3.63, 3.8) is 0 Å². The molecule has 0 radical (unpaired) electrons. The fourth-order valence-electron chi connectivity index (χ4n) is 6.06. The van der Waals surface area contributed by atoms with E-state index in [1.807, 2.05) is 29.2 Å². The summed E-state index contributed by atoms with van der Waals surface area (Å²) in [5, 5.41) is 0. The molecular weight excluding hydrogens is 484 g/mol. The predicted octanol–water partition coefficient (Wildman–Crippen LogP) is 7.05. The number of benzene rings is 1. The lowest BCUT2D eigenvalue weighted by atomic mass is 9.85. The van der Waals surface area contributed by atoms with E-state index in [0.717, 1.165) is 48.8 Å². The van der Waals surface area contributed by atoms with Gasteiger partial charge in [0.2, 0.25) is 5.91 Å². The minimum atomic E-state index is -0.319. The van der Waals surface area contributed by atoms with E-state index in [1.165, 1.54) is 64.2 Å². The fourth-order valence-corrected chi connectivity index (χ4v) is 6.06. The van der Waals surface area contributed by atoms with Crippen LogP contribution in [0.1, 0.15) is 122 Å². The van der Waals surface area contributed by atoms with Crippen LogP contribution in [0.5, 0.6) is 0 Å². The average Bonchev–Trinajstić information content (AvgIpc) is 3.21. The second-order valence-corrected chi connectivity index (χ2v) is 12.5. The molecule has 1 aromatic rings. The Morgan fingerprint density at radius 2 is 1.59 bits per heavy atom. The van der Waals surface area contributed by atoms with Crippen molar-refractivity contribution in [3.8, 4) is 0 Å². The van der Waals surface area contributed by atoms with E-state index in [2.05, 4.69) is 25.8 Å². The van der Waals surface area contributed by atoms with Crippen LogP contribution in [-0.2, 0) is 22.7 Å². The Bertz CT molecular complexity index is 916. The summed E-state index contributed by atoms with van der Waals surface area (Å²) < 4.78 is 0. The highest BCUT2D eigenvalue weighted by molar-refractivity contribution is 6.04. The maximum Gasteiger partial charge on any atom is 0.254 e. The highest BCUT2D eigenvalue weighted by atomic mass is 16.2. The lowest BCUT2D eigenvalue weighted by molar-refractivity contribution is -0.130.